The van der Waals surface area contributed by atoms with E-state index in [0.717, 1.165) is 0 Å². The summed E-state index contributed by atoms with van der Waals surface area (Å²) < 4.78 is 4.38. The first-order chi connectivity index (χ1) is 6.77. The third kappa shape index (κ3) is 2.40. The lowest BCUT2D eigenvalue weighted by molar-refractivity contribution is -0.133. The molecule has 0 unspecified atom stereocenters. The van der Waals surface area contributed by atoms with E-state index in [9.17, 15) is 4.79 Å². The third-order valence-electron chi connectivity index (χ3n) is 1.57. The van der Waals surface area contributed by atoms with Gasteiger partial charge < -0.3 is 4.74 Å². The zero-order chi connectivity index (χ0) is 10.4. The molecule has 1 rings (SSSR count). The van der Waals surface area contributed by atoms with E-state index in [0.29, 0.717) is 11.1 Å². The lowest BCUT2D eigenvalue weighted by atomic mass is 10.1. The predicted octanol–water partition coefficient (Wildman–Crippen LogP) is 1.19. The summed E-state index contributed by atoms with van der Waals surface area (Å²) >= 11 is 0. The van der Waals surface area contributed by atoms with Gasteiger partial charge in [0, 0.05) is 17.0 Å². The van der Waals surface area contributed by atoms with Gasteiger partial charge in [-0.1, -0.05) is 24.0 Å². The molecule has 0 saturated heterocycles. The van der Waals surface area contributed by atoms with E-state index in [1.807, 2.05) is 12.1 Å². The number of ether oxygens (including phenoxy) is 1. The van der Waals surface area contributed by atoms with E-state index in [4.69, 9.17) is 6.42 Å². The quantitative estimate of drug-likeness (QED) is 0.447. The van der Waals surface area contributed by atoms with Crippen LogP contribution in [0.1, 0.15) is 11.1 Å². The van der Waals surface area contributed by atoms with Crippen molar-refractivity contribution < 1.29 is 9.53 Å². The Labute approximate surface area is 82.9 Å². The highest BCUT2D eigenvalue weighted by molar-refractivity contribution is 5.89. The molecule has 2 nitrogen and oxygen atoms in total. The number of carbonyl (C=O) groups excluding carboxylic acids is 1. The van der Waals surface area contributed by atoms with Crippen molar-refractivity contribution >= 4 is 5.97 Å². The first-order valence-corrected chi connectivity index (χ1v) is 3.93. The van der Waals surface area contributed by atoms with Crippen LogP contribution >= 0.6 is 0 Å². The van der Waals surface area contributed by atoms with Crippen molar-refractivity contribution in [1.29, 1.82) is 0 Å². The zero-order valence-electron chi connectivity index (χ0n) is 7.70. The van der Waals surface area contributed by atoms with Gasteiger partial charge in [-0.2, -0.15) is 0 Å². The normalized spacial score (nSPS) is 8.00. The Balaban J connectivity index is 3.01. The summed E-state index contributed by atoms with van der Waals surface area (Å²) in [5.41, 5.74) is 1.32. The Morgan fingerprint density at radius 1 is 1.36 bits per heavy atom. The fourth-order valence-corrected chi connectivity index (χ4v) is 0.887. The maximum Gasteiger partial charge on any atom is 0.384 e. The standard InChI is InChI=1S/C12H8O2/c1-3-10-6-4-5-7-11(10)8-9-12(13)14-2/h1,4-7H,2H3. The zero-order valence-corrected chi connectivity index (χ0v) is 7.70. The number of rotatable bonds is 0. The summed E-state index contributed by atoms with van der Waals surface area (Å²) in [5.74, 6) is 6.87. The number of hydrogen-bond acceptors (Lipinski definition) is 2. The minimum atomic E-state index is -0.572. The molecular formula is C12H8O2. The van der Waals surface area contributed by atoms with Gasteiger partial charge >= 0.3 is 5.97 Å². The number of terminal acetylenes is 1. The van der Waals surface area contributed by atoms with E-state index in [1.165, 1.54) is 7.11 Å². The first kappa shape index (κ1) is 9.89. The SMILES string of the molecule is C#Cc1ccccc1C#CC(=O)OC. The molecule has 0 atom stereocenters. The molecule has 0 aromatic heterocycles. The number of hydrogen-bond donors (Lipinski definition) is 0. The molecule has 0 N–H and O–H groups in total. The van der Waals surface area contributed by atoms with Crippen molar-refractivity contribution in [3.05, 3.63) is 35.4 Å². The Morgan fingerprint density at radius 2 is 2.00 bits per heavy atom. The van der Waals surface area contributed by atoms with Crippen molar-refractivity contribution in [3.63, 3.8) is 0 Å². The smallest absolute Gasteiger partial charge is 0.384 e. The lowest BCUT2D eigenvalue weighted by Gasteiger charge is -1.93. The van der Waals surface area contributed by atoms with E-state index in [2.05, 4.69) is 22.5 Å². The number of benzene rings is 1. The molecule has 0 amide bonds. The summed E-state index contributed by atoms with van der Waals surface area (Å²) in [6.07, 6.45) is 5.26. The van der Waals surface area contributed by atoms with Gasteiger partial charge in [0.2, 0.25) is 0 Å². The molecular weight excluding hydrogens is 176 g/mol. The Hall–Kier alpha value is -2.19. The highest BCUT2D eigenvalue weighted by Crippen LogP contribution is 2.04. The van der Waals surface area contributed by atoms with Crippen molar-refractivity contribution in [2.24, 2.45) is 0 Å². The van der Waals surface area contributed by atoms with Crippen LogP contribution in [0, 0.1) is 24.2 Å². The van der Waals surface area contributed by atoms with Gasteiger partial charge in [-0.15, -0.1) is 6.42 Å². The topological polar surface area (TPSA) is 26.3 Å². The number of esters is 1. The Kier molecular flexibility index (Phi) is 3.35. The van der Waals surface area contributed by atoms with Crippen LogP contribution in [0.4, 0.5) is 0 Å². The Bertz CT molecular complexity index is 441. The van der Waals surface area contributed by atoms with E-state index in [1.54, 1.807) is 12.1 Å². The van der Waals surface area contributed by atoms with Crippen LogP contribution in [0.2, 0.25) is 0 Å². The highest BCUT2D eigenvalue weighted by atomic mass is 16.5. The number of carbonyl (C=O) groups is 1. The molecule has 1 aromatic rings. The average Bonchev–Trinajstić information content (AvgIpc) is 2.26. The maximum atomic E-state index is 10.7. The molecule has 0 heterocycles. The van der Waals surface area contributed by atoms with Crippen LogP contribution in [0.5, 0.6) is 0 Å². The van der Waals surface area contributed by atoms with Gasteiger partial charge in [0.1, 0.15) is 0 Å². The predicted molar refractivity (Wildman–Crippen MR) is 53.3 cm³/mol. The molecule has 0 spiro atoms. The average molecular weight is 184 g/mol. The second-order valence-electron chi connectivity index (χ2n) is 2.43. The van der Waals surface area contributed by atoms with Gasteiger partial charge in [0.15, 0.2) is 0 Å². The second-order valence-corrected chi connectivity index (χ2v) is 2.43. The fraction of sp³-hybridized carbons (Fsp3) is 0.0833. The van der Waals surface area contributed by atoms with Gasteiger partial charge in [0.25, 0.3) is 0 Å². The van der Waals surface area contributed by atoms with Crippen LogP contribution < -0.4 is 0 Å². The minimum absolute atomic E-state index is 0.572. The lowest BCUT2D eigenvalue weighted by Crippen LogP contribution is -1.94. The van der Waals surface area contributed by atoms with Crippen LogP contribution in [0.25, 0.3) is 0 Å². The second kappa shape index (κ2) is 4.74. The van der Waals surface area contributed by atoms with Crippen molar-refractivity contribution in [3.8, 4) is 24.2 Å². The molecule has 2 heteroatoms. The van der Waals surface area contributed by atoms with E-state index < -0.39 is 5.97 Å². The van der Waals surface area contributed by atoms with E-state index in [-0.39, 0.29) is 0 Å². The summed E-state index contributed by atoms with van der Waals surface area (Å²) in [4.78, 5) is 10.7. The molecule has 1 aromatic carbocycles. The molecule has 0 radical (unpaired) electrons. The van der Waals surface area contributed by atoms with Crippen LogP contribution in [0.15, 0.2) is 24.3 Å². The molecule has 0 saturated carbocycles. The summed E-state index contributed by atoms with van der Waals surface area (Å²) in [6, 6.07) is 7.15. The van der Waals surface area contributed by atoms with Crippen LogP contribution in [0.3, 0.4) is 0 Å². The Morgan fingerprint density at radius 3 is 2.57 bits per heavy atom. The van der Waals surface area contributed by atoms with Crippen LogP contribution in [-0.2, 0) is 9.53 Å². The van der Waals surface area contributed by atoms with Gasteiger partial charge in [-0.05, 0) is 12.1 Å². The molecule has 0 bridgehead atoms. The summed E-state index contributed by atoms with van der Waals surface area (Å²) in [5, 5.41) is 0. The van der Waals surface area contributed by atoms with Crippen molar-refractivity contribution in [2.75, 3.05) is 7.11 Å². The van der Waals surface area contributed by atoms with Crippen molar-refractivity contribution in [2.45, 2.75) is 0 Å². The van der Waals surface area contributed by atoms with Crippen molar-refractivity contribution in [1.82, 2.24) is 0 Å². The fourth-order valence-electron chi connectivity index (χ4n) is 0.887. The molecule has 0 aliphatic heterocycles. The number of methoxy groups -OCH3 is 1. The van der Waals surface area contributed by atoms with Gasteiger partial charge in [0.05, 0.1) is 7.11 Å². The van der Waals surface area contributed by atoms with Crippen LogP contribution in [-0.4, -0.2) is 13.1 Å². The largest absolute Gasteiger partial charge is 0.459 e. The molecule has 0 aliphatic carbocycles. The maximum absolute atomic E-state index is 10.7. The molecule has 0 fully saturated rings. The van der Waals surface area contributed by atoms with Gasteiger partial charge in [-0.3, -0.25) is 0 Å². The van der Waals surface area contributed by atoms with E-state index >= 15 is 0 Å². The molecule has 68 valence electrons. The minimum Gasteiger partial charge on any atom is -0.459 e. The molecule has 14 heavy (non-hydrogen) atoms. The summed E-state index contributed by atoms with van der Waals surface area (Å²) in [7, 11) is 1.28. The highest BCUT2D eigenvalue weighted by Gasteiger charge is 1.95. The van der Waals surface area contributed by atoms with Gasteiger partial charge in [-0.25, -0.2) is 4.79 Å². The monoisotopic (exact) mass is 184 g/mol. The first-order valence-electron chi connectivity index (χ1n) is 3.93. The molecule has 0 aliphatic rings. The summed E-state index contributed by atoms with van der Waals surface area (Å²) in [6.45, 7) is 0. The third-order valence-corrected chi connectivity index (χ3v) is 1.57.